The van der Waals surface area contributed by atoms with E-state index in [1.807, 2.05) is 11.8 Å². The molecule has 1 atom stereocenters. The number of hydrogen-bond donors (Lipinski definition) is 1. The van der Waals surface area contributed by atoms with Gasteiger partial charge in [0.15, 0.2) is 0 Å². The van der Waals surface area contributed by atoms with Crippen LogP contribution < -0.4 is 5.32 Å². The van der Waals surface area contributed by atoms with Crippen LogP contribution in [0.5, 0.6) is 0 Å². The van der Waals surface area contributed by atoms with Gasteiger partial charge in [0, 0.05) is 39.1 Å². The van der Waals surface area contributed by atoms with Gasteiger partial charge in [-0.3, -0.25) is 9.69 Å². The van der Waals surface area contributed by atoms with Gasteiger partial charge in [-0.2, -0.15) is 4.31 Å². The molecule has 0 aromatic rings. The molecule has 1 unspecified atom stereocenters. The number of hydrogen-bond acceptors (Lipinski definition) is 4. The summed E-state index contributed by atoms with van der Waals surface area (Å²) >= 11 is 5.66. The minimum absolute atomic E-state index is 0.0458. The van der Waals surface area contributed by atoms with Crippen LogP contribution in [0.4, 0.5) is 0 Å². The van der Waals surface area contributed by atoms with E-state index in [0.717, 1.165) is 0 Å². The zero-order chi connectivity index (χ0) is 14.5. The molecule has 1 rings (SSSR count). The number of alkyl halides is 1. The number of nitrogens with zero attached hydrogens (tertiary/aromatic N) is 2. The van der Waals surface area contributed by atoms with Crippen molar-refractivity contribution >= 4 is 27.5 Å². The van der Waals surface area contributed by atoms with Crippen molar-refractivity contribution in [2.24, 2.45) is 5.92 Å². The molecular formula is C11H22ClN3O3S. The number of sulfonamides is 1. The first-order valence-electron chi connectivity index (χ1n) is 6.35. The second-order valence-corrected chi connectivity index (χ2v) is 7.21. The van der Waals surface area contributed by atoms with E-state index in [-0.39, 0.29) is 17.6 Å². The molecule has 0 spiro atoms. The number of likely N-dealkylation sites (N-methyl/N-ethyl adjacent to an activating group) is 1. The molecule has 1 N–H and O–H groups in total. The van der Waals surface area contributed by atoms with Crippen molar-refractivity contribution in [3.63, 3.8) is 0 Å². The number of carbonyl (C=O) groups excluding carboxylic acids is 1. The average Bonchev–Trinajstić information content (AvgIpc) is 2.38. The Morgan fingerprint density at radius 3 is 2.37 bits per heavy atom. The lowest BCUT2D eigenvalue weighted by atomic mass is 10.3. The molecule has 1 aliphatic heterocycles. The Hall–Kier alpha value is -0.370. The summed E-state index contributed by atoms with van der Waals surface area (Å²) in [5.41, 5.74) is 0. The lowest BCUT2D eigenvalue weighted by Gasteiger charge is -2.33. The fourth-order valence-electron chi connectivity index (χ4n) is 1.96. The van der Waals surface area contributed by atoms with Gasteiger partial charge in [-0.25, -0.2) is 8.42 Å². The van der Waals surface area contributed by atoms with Crippen LogP contribution in [0.15, 0.2) is 0 Å². The second-order valence-electron chi connectivity index (χ2n) is 4.89. The molecular weight excluding hydrogens is 290 g/mol. The second kappa shape index (κ2) is 7.42. The molecule has 0 aromatic heterocycles. The van der Waals surface area contributed by atoms with Crippen molar-refractivity contribution in [3.8, 4) is 0 Å². The molecule has 1 fully saturated rings. The van der Waals surface area contributed by atoms with Gasteiger partial charge in [-0.05, 0) is 5.92 Å². The van der Waals surface area contributed by atoms with E-state index in [4.69, 9.17) is 11.6 Å². The zero-order valence-corrected chi connectivity index (χ0v) is 13.0. The molecule has 0 saturated carbocycles. The highest BCUT2D eigenvalue weighted by Crippen LogP contribution is 2.12. The number of rotatable bonds is 6. The lowest BCUT2D eigenvalue weighted by Crippen LogP contribution is -2.51. The van der Waals surface area contributed by atoms with Gasteiger partial charge >= 0.3 is 0 Å². The molecule has 1 amide bonds. The summed E-state index contributed by atoms with van der Waals surface area (Å²) in [7, 11) is -1.64. The Morgan fingerprint density at radius 2 is 1.89 bits per heavy atom. The van der Waals surface area contributed by atoms with E-state index < -0.39 is 10.0 Å². The normalized spacial score (nSPS) is 20.2. The van der Waals surface area contributed by atoms with Crippen molar-refractivity contribution in [1.82, 2.24) is 14.5 Å². The van der Waals surface area contributed by atoms with Crippen molar-refractivity contribution in [2.45, 2.75) is 6.92 Å². The molecule has 8 heteroatoms. The van der Waals surface area contributed by atoms with E-state index in [1.165, 1.54) is 4.31 Å². The first-order chi connectivity index (χ1) is 8.89. The minimum atomic E-state index is -3.23. The summed E-state index contributed by atoms with van der Waals surface area (Å²) in [5, 5.41) is 2.56. The summed E-state index contributed by atoms with van der Waals surface area (Å²) in [4.78, 5) is 13.2. The highest BCUT2D eigenvalue weighted by molar-refractivity contribution is 7.89. The molecule has 1 aliphatic rings. The van der Waals surface area contributed by atoms with E-state index in [1.54, 1.807) is 7.05 Å². The number of halogens is 1. The van der Waals surface area contributed by atoms with Gasteiger partial charge in [0.2, 0.25) is 15.9 Å². The number of nitrogens with one attached hydrogen (secondary N) is 1. The SMILES string of the molecule is CNC(=O)CN1CCN(S(=O)(=O)CC(C)CCl)CC1. The number of carbonyl (C=O) groups is 1. The molecule has 1 heterocycles. The van der Waals surface area contributed by atoms with Gasteiger partial charge in [0.25, 0.3) is 0 Å². The van der Waals surface area contributed by atoms with E-state index in [2.05, 4.69) is 5.32 Å². The minimum Gasteiger partial charge on any atom is -0.358 e. The predicted molar refractivity (Wildman–Crippen MR) is 75.8 cm³/mol. The van der Waals surface area contributed by atoms with E-state index >= 15 is 0 Å². The smallest absolute Gasteiger partial charge is 0.233 e. The van der Waals surface area contributed by atoms with Crippen LogP contribution in [0, 0.1) is 5.92 Å². The van der Waals surface area contributed by atoms with Gasteiger partial charge in [0.1, 0.15) is 0 Å². The van der Waals surface area contributed by atoms with Crippen LogP contribution in [0.2, 0.25) is 0 Å². The van der Waals surface area contributed by atoms with Crippen molar-refractivity contribution < 1.29 is 13.2 Å². The Kier molecular flexibility index (Phi) is 6.52. The standard InChI is InChI=1S/C11H22ClN3O3S/c1-10(7-12)9-19(17,18)15-5-3-14(4-6-15)8-11(16)13-2/h10H,3-9H2,1-2H3,(H,13,16). The van der Waals surface area contributed by atoms with Crippen molar-refractivity contribution in [1.29, 1.82) is 0 Å². The molecule has 112 valence electrons. The summed E-state index contributed by atoms with van der Waals surface area (Å²) in [6.45, 7) is 4.20. The maximum atomic E-state index is 12.1. The first-order valence-corrected chi connectivity index (χ1v) is 8.50. The Balaban J connectivity index is 2.47. The molecule has 0 radical (unpaired) electrons. The molecule has 19 heavy (non-hydrogen) atoms. The Bertz CT molecular complexity index is 394. The Labute approximate surface area is 120 Å². The van der Waals surface area contributed by atoms with E-state index in [0.29, 0.717) is 38.6 Å². The summed E-state index contributed by atoms with van der Waals surface area (Å²) < 4.78 is 25.7. The van der Waals surface area contributed by atoms with Crippen LogP contribution >= 0.6 is 11.6 Å². The Morgan fingerprint density at radius 1 is 1.32 bits per heavy atom. The molecule has 6 nitrogen and oxygen atoms in total. The highest BCUT2D eigenvalue weighted by Gasteiger charge is 2.28. The third kappa shape index (κ3) is 5.25. The largest absolute Gasteiger partial charge is 0.358 e. The number of piperazine rings is 1. The van der Waals surface area contributed by atoms with Crippen LogP contribution in [-0.2, 0) is 14.8 Å². The third-order valence-electron chi connectivity index (χ3n) is 3.13. The fourth-order valence-corrected chi connectivity index (χ4v) is 3.96. The monoisotopic (exact) mass is 311 g/mol. The predicted octanol–water partition coefficient (Wildman–Crippen LogP) is -0.445. The average molecular weight is 312 g/mol. The van der Waals surface area contributed by atoms with Gasteiger partial charge < -0.3 is 5.32 Å². The summed E-state index contributed by atoms with van der Waals surface area (Å²) in [5.74, 6) is 0.338. The van der Waals surface area contributed by atoms with Crippen molar-refractivity contribution in [3.05, 3.63) is 0 Å². The van der Waals surface area contributed by atoms with Crippen LogP contribution in [0.25, 0.3) is 0 Å². The van der Waals surface area contributed by atoms with Gasteiger partial charge in [-0.15, -0.1) is 11.6 Å². The summed E-state index contributed by atoms with van der Waals surface area (Å²) in [6, 6.07) is 0. The number of amides is 1. The van der Waals surface area contributed by atoms with Gasteiger partial charge in [-0.1, -0.05) is 6.92 Å². The van der Waals surface area contributed by atoms with Crippen LogP contribution in [0.1, 0.15) is 6.92 Å². The maximum Gasteiger partial charge on any atom is 0.233 e. The topological polar surface area (TPSA) is 69.7 Å². The quantitative estimate of drug-likeness (QED) is 0.675. The molecule has 0 aromatic carbocycles. The van der Waals surface area contributed by atoms with Crippen LogP contribution in [0.3, 0.4) is 0 Å². The molecule has 0 bridgehead atoms. The first kappa shape index (κ1) is 16.7. The fraction of sp³-hybridized carbons (Fsp3) is 0.909. The lowest BCUT2D eigenvalue weighted by molar-refractivity contribution is -0.122. The molecule has 0 aliphatic carbocycles. The zero-order valence-electron chi connectivity index (χ0n) is 11.4. The highest BCUT2D eigenvalue weighted by atomic mass is 35.5. The van der Waals surface area contributed by atoms with E-state index in [9.17, 15) is 13.2 Å². The van der Waals surface area contributed by atoms with Crippen LogP contribution in [-0.4, -0.2) is 74.9 Å². The third-order valence-corrected chi connectivity index (χ3v) is 5.80. The molecule has 1 saturated heterocycles. The summed E-state index contributed by atoms with van der Waals surface area (Å²) in [6.07, 6.45) is 0. The maximum absolute atomic E-state index is 12.1. The van der Waals surface area contributed by atoms with Crippen molar-refractivity contribution in [2.75, 3.05) is 51.4 Å². The van der Waals surface area contributed by atoms with Gasteiger partial charge in [0.05, 0.1) is 12.3 Å².